The molecule has 1 atom stereocenters. The van der Waals surface area contributed by atoms with E-state index in [1.165, 1.54) is 6.07 Å². The Hall–Kier alpha value is -3.47. The van der Waals surface area contributed by atoms with Gasteiger partial charge >= 0.3 is 12.1 Å². The van der Waals surface area contributed by atoms with E-state index in [-0.39, 0.29) is 17.2 Å². The van der Waals surface area contributed by atoms with Gasteiger partial charge in [0, 0.05) is 30.2 Å². The molecular formula is C18H17F3N4O4. The lowest BCUT2D eigenvalue weighted by atomic mass is 10.1. The molecule has 1 aromatic carbocycles. The summed E-state index contributed by atoms with van der Waals surface area (Å²) in [5, 5.41) is 18.5. The van der Waals surface area contributed by atoms with Crippen LogP contribution in [0.4, 0.5) is 13.2 Å². The predicted octanol–water partition coefficient (Wildman–Crippen LogP) is 2.10. The van der Waals surface area contributed by atoms with Crippen LogP contribution in [0, 0.1) is 0 Å². The van der Waals surface area contributed by atoms with Crippen LogP contribution in [0.1, 0.15) is 24.2 Å². The highest BCUT2D eigenvalue weighted by molar-refractivity contribution is 5.84. The van der Waals surface area contributed by atoms with Crippen molar-refractivity contribution in [3.05, 3.63) is 74.6 Å². The number of alkyl halides is 3. The summed E-state index contributed by atoms with van der Waals surface area (Å²) in [7, 11) is 0. The first-order valence-corrected chi connectivity index (χ1v) is 8.28. The number of carbonyl (C=O) groups is 1. The van der Waals surface area contributed by atoms with E-state index in [0.29, 0.717) is 11.9 Å². The van der Waals surface area contributed by atoms with E-state index in [0.717, 1.165) is 16.6 Å². The molecule has 0 saturated heterocycles. The molecule has 2 aromatic heterocycles. The van der Waals surface area contributed by atoms with E-state index in [1.54, 1.807) is 12.3 Å². The van der Waals surface area contributed by atoms with Gasteiger partial charge in [-0.25, -0.2) is 9.89 Å². The molecule has 154 valence electrons. The number of rotatable bonds is 4. The van der Waals surface area contributed by atoms with Crippen molar-refractivity contribution in [3.63, 3.8) is 0 Å². The van der Waals surface area contributed by atoms with Gasteiger partial charge in [0.1, 0.15) is 0 Å². The Bertz CT molecular complexity index is 1090. The molecule has 29 heavy (non-hydrogen) atoms. The van der Waals surface area contributed by atoms with Gasteiger partial charge in [0.15, 0.2) is 0 Å². The molecule has 0 saturated carbocycles. The number of nitrogens with one attached hydrogen (secondary N) is 3. The van der Waals surface area contributed by atoms with Crippen molar-refractivity contribution in [1.82, 2.24) is 20.5 Å². The Balaban J connectivity index is 0.000000370. The number of aromatic amines is 2. The summed E-state index contributed by atoms with van der Waals surface area (Å²) in [6, 6.07) is 10.6. The summed E-state index contributed by atoms with van der Waals surface area (Å²) >= 11 is 0. The number of benzene rings is 1. The van der Waals surface area contributed by atoms with Gasteiger partial charge in [-0.15, -0.1) is 0 Å². The van der Waals surface area contributed by atoms with E-state index >= 15 is 0 Å². The number of carboxylic acids is 1. The largest absolute Gasteiger partial charge is 0.490 e. The number of carboxylic acid groups (broad SMARTS) is 1. The maximum Gasteiger partial charge on any atom is 0.490 e. The quantitative estimate of drug-likeness (QED) is 0.522. The lowest BCUT2D eigenvalue weighted by Crippen LogP contribution is -2.22. The van der Waals surface area contributed by atoms with Crippen LogP contribution < -0.4 is 16.4 Å². The summed E-state index contributed by atoms with van der Waals surface area (Å²) in [5.41, 5.74) is 1.46. The van der Waals surface area contributed by atoms with E-state index in [4.69, 9.17) is 9.90 Å². The van der Waals surface area contributed by atoms with Gasteiger partial charge < -0.3 is 15.4 Å². The minimum atomic E-state index is -5.08. The highest BCUT2D eigenvalue weighted by Crippen LogP contribution is 2.16. The molecule has 0 radical (unpaired) electrons. The van der Waals surface area contributed by atoms with Gasteiger partial charge in [-0.3, -0.25) is 9.59 Å². The summed E-state index contributed by atoms with van der Waals surface area (Å²) in [6.07, 6.45) is -3.36. The second-order valence-corrected chi connectivity index (χ2v) is 5.94. The first kappa shape index (κ1) is 21.8. The Labute approximate surface area is 161 Å². The summed E-state index contributed by atoms with van der Waals surface area (Å²) in [6.45, 7) is 2.55. The van der Waals surface area contributed by atoms with E-state index < -0.39 is 12.1 Å². The van der Waals surface area contributed by atoms with Crippen LogP contribution >= 0.6 is 0 Å². The summed E-state index contributed by atoms with van der Waals surface area (Å²) in [4.78, 5) is 34.5. The SMILES string of the molecule is CC(NCc1c[nH]c(=O)c2ccccc12)c1ccc(=O)[nH]n1.O=C(O)C(F)(F)F. The molecule has 0 bridgehead atoms. The first-order valence-electron chi connectivity index (χ1n) is 8.28. The zero-order valence-electron chi connectivity index (χ0n) is 15.1. The number of aromatic nitrogens is 3. The third kappa shape index (κ3) is 6.01. The van der Waals surface area contributed by atoms with Gasteiger partial charge in [-0.2, -0.15) is 18.3 Å². The third-order valence-corrected chi connectivity index (χ3v) is 3.88. The predicted molar refractivity (Wildman–Crippen MR) is 98.4 cm³/mol. The molecule has 0 aliphatic heterocycles. The van der Waals surface area contributed by atoms with Crippen molar-refractivity contribution in [2.75, 3.05) is 0 Å². The van der Waals surface area contributed by atoms with Gasteiger partial charge in [0.25, 0.3) is 11.1 Å². The van der Waals surface area contributed by atoms with Crippen LogP contribution in [0.3, 0.4) is 0 Å². The van der Waals surface area contributed by atoms with Crippen LogP contribution in [0.25, 0.3) is 10.8 Å². The third-order valence-electron chi connectivity index (χ3n) is 3.88. The average Bonchev–Trinajstić information content (AvgIpc) is 2.68. The number of nitrogens with zero attached hydrogens (tertiary/aromatic N) is 1. The van der Waals surface area contributed by atoms with Crippen molar-refractivity contribution >= 4 is 16.7 Å². The molecular weight excluding hydrogens is 393 g/mol. The molecule has 0 fully saturated rings. The maximum absolute atomic E-state index is 11.8. The number of hydrogen-bond donors (Lipinski definition) is 4. The number of pyridine rings is 1. The van der Waals surface area contributed by atoms with Crippen LogP contribution in [0.5, 0.6) is 0 Å². The molecule has 0 spiro atoms. The van der Waals surface area contributed by atoms with Crippen LogP contribution in [-0.4, -0.2) is 32.4 Å². The van der Waals surface area contributed by atoms with Crippen LogP contribution in [0.15, 0.2) is 52.2 Å². The van der Waals surface area contributed by atoms with E-state index in [1.807, 2.05) is 31.2 Å². The summed E-state index contributed by atoms with van der Waals surface area (Å²) in [5.74, 6) is -2.76. The van der Waals surface area contributed by atoms with Crippen molar-refractivity contribution in [2.45, 2.75) is 25.7 Å². The smallest absolute Gasteiger partial charge is 0.475 e. The fourth-order valence-electron chi connectivity index (χ4n) is 2.38. The fourth-order valence-corrected chi connectivity index (χ4v) is 2.38. The van der Waals surface area contributed by atoms with Gasteiger partial charge in [-0.05, 0) is 30.0 Å². The maximum atomic E-state index is 11.8. The van der Waals surface area contributed by atoms with Crippen molar-refractivity contribution in [1.29, 1.82) is 0 Å². The lowest BCUT2D eigenvalue weighted by molar-refractivity contribution is -0.192. The highest BCUT2D eigenvalue weighted by Gasteiger charge is 2.38. The Morgan fingerprint density at radius 1 is 1.17 bits per heavy atom. The molecule has 2 heterocycles. The monoisotopic (exact) mass is 410 g/mol. The van der Waals surface area contributed by atoms with Crippen molar-refractivity contribution in [3.8, 4) is 0 Å². The molecule has 3 aromatic rings. The van der Waals surface area contributed by atoms with Gasteiger partial charge in [0.2, 0.25) is 0 Å². The Morgan fingerprint density at radius 3 is 2.34 bits per heavy atom. The number of H-pyrrole nitrogens is 2. The molecule has 3 rings (SSSR count). The van der Waals surface area contributed by atoms with Crippen molar-refractivity contribution < 1.29 is 23.1 Å². The first-order chi connectivity index (χ1) is 13.6. The zero-order chi connectivity index (χ0) is 21.6. The topological polar surface area (TPSA) is 128 Å². The van der Waals surface area contributed by atoms with Gasteiger partial charge in [-0.1, -0.05) is 18.2 Å². The molecule has 0 amide bonds. The van der Waals surface area contributed by atoms with E-state index in [9.17, 15) is 22.8 Å². The molecule has 1 unspecified atom stereocenters. The molecule has 0 aliphatic rings. The number of aliphatic carboxylic acids is 1. The zero-order valence-corrected chi connectivity index (χ0v) is 15.1. The van der Waals surface area contributed by atoms with E-state index in [2.05, 4.69) is 20.5 Å². The fraction of sp³-hybridized carbons (Fsp3) is 0.222. The minimum absolute atomic E-state index is 0.0254. The second-order valence-electron chi connectivity index (χ2n) is 5.94. The standard InChI is InChI=1S/C16H16N4O2.C2HF3O2/c1-10(14-6-7-15(21)20-19-14)17-8-11-9-18-16(22)13-5-3-2-4-12(11)13;3-2(4,5)1(6)7/h2-7,9-10,17H,8H2,1H3,(H,18,22)(H,20,21);(H,6,7). The van der Waals surface area contributed by atoms with Crippen molar-refractivity contribution in [2.24, 2.45) is 0 Å². The Kier molecular flexibility index (Phi) is 6.89. The second kappa shape index (κ2) is 9.15. The van der Waals surface area contributed by atoms with Gasteiger partial charge in [0.05, 0.1) is 5.69 Å². The number of hydrogen-bond acceptors (Lipinski definition) is 5. The molecule has 0 aliphatic carbocycles. The van der Waals surface area contributed by atoms with Crippen LogP contribution in [0.2, 0.25) is 0 Å². The molecule has 4 N–H and O–H groups in total. The normalized spacial score (nSPS) is 12.1. The Morgan fingerprint density at radius 2 is 1.79 bits per heavy atom. The summed E-state index contributed by atoms with van der Waals surface area (Å²) < 4.78 is 31.7. The number of fused-ring (bicyclic) bond motifs is 1. The highest BCUT2D eigenvalue weighted by atomic mass is 19.4. The minimum Gasteiger partial charge on any atom is -0.475 e. The van der Waals surface area contributed by atoms with Crippen LogP contribution in [-0.2, 0) is 11.3 Å². The molecule has 11 heteroatoms. The average molecular weight is 410 g/mol. The lowest BCUT2D eigenvalue weighted by Gasteiger charge is -2.13. The molecule has 8 nitrogen and oxygen atoms in total. The number of halogens is 3.